The molecule has 8 nitrogen and oxygen atoms in total. The molecule has 8 heteroatoms. The van der Waals surface area contributed by atoms with Crippen LogP contribution in [0.4, 0.5) is 5.82 Å². The molecule has 1 aromatic heterocycles. The summed E-state index contributed by atoms with van der Waals surface area (Å²) >= 11 is 0. The number of nitrogens with two attached hydrogens (primary N) is 1. The first-order valence-corrected chi connectivity index (χ1v) is 6.40. The maximum Gasteiger partial charge on any atom is 0.274 e. The van der Waals surface area contributed by atoms with Crippen LogP contribution in [0.2, 0.25) is 0 Å². The van der Waals surface area contributed by atoms with E-state index in [0.717, 1.165) is 0 Å². The molecule has 1 fully saturated rings. The van der Waals surface area contributed by atoms with Crippen LogP contribution in [0.15, 0.2) is 12.1 Å². The summed E-state index contributed by atoms with van der Waals surface area (Å²) in [5.41, 5.74) is 1.66. The highest BCUT2D eigenvalue weighted by Crippen LogP contribution is 2.21. The average Bonchev–Trinajstić information content (AvgIpc) is 2.47. The smallest absolute Gasteiger partial charge is 0.274 e. The lowest BCUT2D eigenvalue weighted by atomic mass is 9.94. The van der Waals surface area contributed by atoms with Crippen LogP contribution in [0, 0.1) is 0 Å². The Balaban J connectivity index is 2.00. The van der Waals surface area contributed by atoms with E-state index in [1.165, 1.54) is 11.0 Å². The third-order valence-corrected chi connectivity index (χ3v) is 3.33. The maximum absolute atomic E-state index is 12.2. The molecule has 1 saturated heterocycles. The summed E-state index contributed by atoms with van der Waals surface area (Å²) < 4.78 is 5.21. The Kier molecular flexibility index (Phi) is 4.48. The van der Waals surface area contributed by atoms with Crippen molar-refractivity contribution in [2.45, 2.75) is 18.4 Å². The van der Waals surface area contributed by atoms with Gasteiger partial charge < -0.3 is 20.2 Å². The zero-order valence-corrected chi connectivity index (χ0v) is 11.4. The van der Waals surface area contributed by atoms with Crippen molar-refractivity contribution in [2.24, 2.45) is 5.84 Å². The van der Waals surface area contributed by atoms with E-state index in [1.54, 1.807) is 13.1 Å². The van der Waals surface area contributed by atoms with Crippen LogP contribution in [0.5, 0.6) is 0 Å². The van der Waals surface area contributed by atoms with Crippen molar-refractivity contribution in [3.05, 3.63) is 17.8 Å². The van der Waals surface area contributed by atoms with Crippen LogP contribution in [-0.2, 0) is 4.74 Å². The number of hydrogen-bond acceptors (Lipinski definition) is 7. The number of rotatable bonds is 4. The van der Waals surface area contributed by atoms with Crippen LogP contribution in [0.1, 0.15) is 23.3 Å². The summed E-state index contributed by atoms with van der Waals surface area (Å²) in [5.74, 6) is 5.28. The third kappa shape index (κ3) is 3.41. The van der Waals surface area contributed by atoms with E-state index in [4.69, 9.17) is 10.6 Å². The molecule has 110 valence electrons. The predicted molar refractivity (Wildman–Crippen MR) is 71.8 cm³/mol. The minimum Gasteiger partial charge on any atom is -0.388 e. The van der Waals surface area contributed by atoms with Crippen molar-refractivity contribution in [2.75, 3.05) is 32.2 Å². The van der Waals surface area contributed by atoms with Gasteiger partial charge in [0.2, 0.25) is 0 Å². The first-order chi connectivity index (χ1) is 9.54. The molecule has 0 unspecified atom stereocenters. The Morgan fingerprint density at radius 2 is 2.20 bits per heavy atom. The molecule has 0 saturated carbocycles. The maximum atomic E-state index is 12.2. The van der Waals surface area contributed by atoms with E-state index in [0.29, 0.717) is 31.9 Å². The second-order valence-electron chi connectivity index (χ2n) is 4.95. The first-order valence-electron chi connectivity index (χ1n) is 6.40. The SMILES string of the molecule is CN(CC1(O)CCOCC1)C(=O)c1ccc(NN)nn1. The van der Waals surface area contributed by atoms with E-state index in [1.807, 2.05) is 0 Å². The molecule has 0 atom stereocenters. The fourth-order valence-corrected chi connectivity index (χ4v) is 2.14. The standard InChI is InChI=1S/C12H19N5O3/c1-17(8-12(19)4-6-20-7-5-12)11(18)9-2-3-10(14-13)16-15-9/h2-3,19H,4-8,13H2,1H3,(H,14,16). The molecule has 1 aliphatic heterocycles. The number of nitrogen functional groups attached to an aromatic ring is 1. The molecule has 2 heterocycles. The molecule has 20 heavy (non-hydrogen) atoms. The second kappa shape index (κ2) is 6.12. The zero-order chi connectivity index (χ0) is 14.6. The van der Waals surface area contributed by atoms with Crippen LogP contribution in [0.3, 0.4) is 0 Å². The fraction of sp³-hybridized carbons (Fsp3) is 0.583. The molecule has 0 radical (unpaired) electrons. The van der Waals surface area contributed by atoms with Gasteiger partial charge in [0.25, 0.3) is 5.91 Å². The van der Waals surface area contributed by atoms with Gasteiger partial charge in [-0.1, -0.05) is 0 Å². The highest BCUT2D eigenvalue weighted by molar-refractivity contribution is 5.92. The summed E-state index contributed by atoms with van der Waals surface area (Å²) in [6.45, 7) is 1.26. The lowest BCUT2D eigenvalue weighted by Gasteiger charge is -2.35. The number of hydrogen-bond donors (Lipinski definition) is 3. The fourth-order valence-electron chi connectivity index (χ4n) is 2.14. The highest BCUT2D eigenvalue weighted by Gasteiger charge is 2.32. The van der Waals surface area contributed by atoms with Gasteiger partial charge in [0.05, 0.1) is 5.60 Å². The Bertz CT molecular complexity index is 459. The van der Waals surface area contributed by atoms with E-state index in [2.05, 4.69) is 15.6 Å². The number of aromatic nitrogens is 2. The number of hydrazine groups is 1. The van der Waals surface area contributed by atoms with Gasteiger partial charge in [-0.25, -0.2) is 5.84 Å². The topological polar surface area (TPSA) is 114 Å². The number of carbonyl (C=O) groups is 1. The second-order valence-corrected chi connectivity index (χ2v) is 4.95. The summed E-state index contributed by atoms with van der Waals surface area (Å²) in [5, 5.41) is 17.9. The molecular weight excluding hydrogens is 262 g/mol. The molecule has 2 rings (SSSR count). The Morgan fingerprint density at radius 3 is 2.75 bits per heavy atom. The Morgan fingerprint density at radius 1 is 1.50 bits per heavy atom. The molecule has 1 aliphatic rings. The molecule has 0 spiro atoms. The number of nitrogens with one attached hydrogen (secondary N) is 1. The van der Waals surface area contributed by atoms with E-state index >= 15 is 0 Å². The Hall–Kier alpha value is -1.77. The van der Waals surface area contributed by atoms with Crippen molar-refractivity contribution < 1.29 is 14.6 Å². The van der Waals surface area contributed by atoms with Crippen molar-refractivity contribution >= 4 is 11.7 Å². The number of amides is 1. The zero-order valence-electron chi connectivity index (χ0n) is 11.4. The van der Waals surface area contributed by atoms with Gasteiger partial charge in [0.1, 0.15) is 0 Å². The van der Waals surface area contributed by atoms with Crippen molar-refractivity contribution in [3.8, 4) is 0 Å². The Labute approximate surface area is 116 Å². The van der Waals surface area contributed by atoms with E-state index < -0.39 is 5.60 Å². The third-order valence-electron chi connectivity index (χ3n) is 3.33. The highest BCUT2D eigenvalue weighted by atomic mass is 16.5. The largest absolute Gasteiger partial charge is 0.388 e. The van der Waals surface area contributed by atoms with Gasteiger partial charge >= 0.3 is 0 Å². The van der Waals surface area contributed by atoms with Gasteiger partial charge in [-0.2, -0.15) is 0 Å². The molecule has 0 bridgehead atoms. The normalized spacial score (nSPS) is 17.6. The van der Waals surface area contributed by atoms with Gasteiger partial charge in [0.15, 0.2) is 11.5 Å². The number of nitrogens with zero attached hydrogens (tertiary/aromatic N) is 3. The van der Waals surface area contributed by atoms with Crippen LogP contribution in [0.25, 0.3) is 0 Å². The minimum atomic E-state index is -0.894. The molecule has 1 amide bonds. The van der Waals surface area contributed by atoms with Crippen LogP contribution < -0.4 is 11.3 Å². The summed E-state index contributed by atoms with van der Waals surface area (Å²) in [6.07, 6.45) is 1.04. The van der Waals surface area contributed by atoms with Crippen molar-refractivity contribution in [1.29, 1.82) is 0 Å². The predicted octanol–water partition coefficient (Wildman–Crippen LogP) is -0.624. The van der Waals surface area contributed by atoms with Crippen molar-refractivity contribution in [1.82, 2.24) is 15.1 Å². The van der Waals surface area contributed by atoms with Crippen molar-refractivity contribution in [3.63, 3.8) is 0 Å². The molecule has 1 aromatic rings. The number of likely N-dealkylation sites (N-methyl/N-ethyl adjacent to an activating group) is 1. The number of carbonyl (C=O) groups excluding carboxylic acids is 1. The summed E-state index contributed by atoms with van der Waals surface area (Å²) in [7, 11) is 1.63. The lowest BCUT2D eigenvalue weighted by Crippen LogP contribution is -2.47. The van der Waals surface area contributed by atoms with Gasteiger partial charge in [-0.15, -0.1) is 10.2 Å². The monoisotopic (exact) mass is 281 g/mol. The van der Waals surface area contributed by atoms with E-state index in [9.17, 15) is 9.90 Å². The number of ether oxygens (including phenoxy) is 1. The summed E-state index contributed by atoms with van der Waals surface area (Å²) in [6, 6.07) is 3.10. The molecule has 0 aromatic carbocycles. The molecular formula is C12H19N5O3. The van der Waals surface area contributed by atoms with Gasteiger partial charge in [0, 0.05) is 39.6 Å². The van der Waals surface area contributed by atoms with Crippen LogP contribution in [-0.4, -0.2) is 58.5 Å². The quantitative estimate of drug-likeness (QED) is 0.497. The number of aliphatic hydroxyl groups is 1. The lowest BCUT2D eigenvalue weighted by molar-refractivity contribution is -0.0734. The minimum absolute atomic E-state index is 0.210. The summed E-state index contributed by atoms with van der Waals surface area (Å²) in [4.78, 5) is 13.6. The molecule has 4 N–H and O–H groups in total. The molecule has 0 aliphatic carbocycles. The van der Waals surface area contributed by atoms with E-state index in [-0.39, 0.29) is 18.1 Å². The van der Waals surface area contributed by atoms with Gasteiger partial charge in [-0.05, 0) is 12.1 Å². The average molecular weight is 281 g/mol. The van der Waals surface area contributed by atoms with Crippen LogP contribution >= 0.6 is 0 Å². The first kappa shape index (κ1) is 14.6. The van der Waals surface area contributed by atoms with Gasteiger partial charge in [-0.3, -0.25) is 4.79 Å². The number of anilines is 1.